The van der Waals surface area contributed by atoms with E-state index in [0.29, 0.717) is 5.95 Å². The second-order valence-corrected chi connectivity index (χ2v) is 13.4. The summed E-state index contributed by atoms with van der Waals surface area (Å²) in [6, 6.07) is 63.2. The summed E-state index contributed by atoms with van der Waals surface area (Å²) in [6.45, 7) is 0. The monoisotopic (exact) mass is 647 g/mol. The molecule has 9 aromatic carbocycles. The molecule has 2 aromatic heterocycles. The second kappa shape index (κ2) is 10.8. The average molecular weight is 648 g/mol. The van der Waals surface area contributed by atoms with Gasteiger partial charge in [0, 0.05) is 27.1 Å². The van der Waals surface area contributed by atoms with E-state index >= 15 is 0 Å². The molecule has 236 valence electrons. The number of hydrogen-bond acceptors (Lipinski definition) is 2. The SMILES string of the molecule is c1ccc2c(-c3ccc(-c4nc(-n5c6ccccc6c6ccc7c8ccc9ccccc9c8ccc7c65)nc5ccccc45)cc3)cccc2c1. The van der Waals surface area contributed by atoms with Crippen LogP contribution in [-0.4, -0.2) is 14.5 Å². The van der Waals surface area contributed by atoms with Gasteiger partial charge in [-0.05, 0) is 61.0 Å². The summed E-state index contributed by atoms with van der Waals surface area (Å²) < 4.78 is 2.28. The molecule has 0 unspecified atom stereocenters. The number of rotatable bonds is 3. The molecule has 0 bridgehead atoms. The second-order valence-electron chi connectivity index (χ2n) is 13.4. The number of fused-ring (bicyclic) bond motifs is 11. The van der Waals surface area contributed by atoms with Gasteiger partial charge in [-0.25, -0.2) is 9.97 Å². The van der Waals surface area contributed by atoms with Gasteiger partial charge in [0.2, 0.25) is 5.95 Å². The Morgan fingerprint density at radius 1 is 0.333 bits per heavy atom. The van der Waals surface area contributed by atoms with Crippen molar-refractivity contribution in [1.82, 2.24) is 14.5 Å². The maximum atomic E-state index is 5.43. The van der Waals surface area contributed by atoms with E-state index in [1.807, 2.05) is 0 Å². The Bertz CT molecular complexity index is 3180. The minimum Gasteiger partial charge on any atom is -0.277 e. The summed E-state index contributed by atoms with van der Waals surface area (Å²) in [6.07, 6.45) is 0. The Kier molecular flexibility index (Phi) is 5.96. The third-order valence-electron chi connectivity index (χ3n) is 10.6. The van der Waals surface area contributed by atoms with Crippen LogP contribution in [0.3, 0.4) is 0 Å². The molecule has 0 aliphatic heterocycles. The molecule has 51 heavy (non-hydrogen) atoms. The standard InChI is InChI=1S/C48H29N3/c1-3-13-34-30(10-1)12-9-17-35(34)32-20-22-33(23-21-32)46-43-16-5-7-18-44(43)49-48(50-46)51-45-19-8-6-15-40(45)42-29-27-39-38-25-24-31-11-2-4-14-36(31)37(38)26-28-41(39)47(42)51/h1-29H. The highest BCUT2D eigenvalue weighted by atomic mass is 15.2. The third kappa shape index (κ3) is 4.19. The molecule has 0 aliphatic rings. The summed E-state index contributed by atoms with van der Waals surface area (Å²) in [5.41, 5.74) is 7.51. The molecule has 0 aliphatic carbocycles. The molecule has 11 aromatic rings. The van der Waals surface area contributed by atoms with Gasteiger partial charge in [0.05, 0.1) is 22.2 Å². The van der Waals surface area contributed by atoms with Crippen LogP contribution in [0, 0.1) is 0 Å². The highest BCUT2D eigenvalue weighted by molar-refractivity contribution is 6.25. The van der Waals surface area contributed by atoms with Crippen molar-refractivity contribution in [1.29, 1.82) is 0 Å². The van der Waals surface area contributed by atoms with Gasteiger partial charge in [0.15, 0.2) is 0 Å². The van der Waals surface area contributed by atoms with E-state index in [4.69, 9.17) is 9.97 Å². The van der Waals surface area contributed by atoms with Gasteiger partial charge in [-0.2, -0.15) is 0 Å². The molecule has 0 amide bonds. The lowest BCUT2D eigenvalue weighted by atomic mass is 9.96. The number of nitrogens with zero attached hydrogens (tertiary/aromatic N) is 3. The van der Waals surface area contributed by atoms with Crippen LogP contribution in [-0.2, 0) is 0 Å². The van der Waals surface area contributed by atoms with Crippen LogP contribution < -0.4 is 0 Å². The normalized spacial score (nSPS) is 11.9. The Balaban J connectivity index is 1.16. The number of para-hydroxylation sites is 2. The first kappa shape index (κ1) is 28.0. The fraction of sp³-hybridized carbons (Fsp3) is 0. The van der Waals surface area contributed by atoms with Gasteiger partial charge in [0.1, 0.15) is 0 Å². The van der Waals surface area contributed by atoms with Gasteiger partial charge in [-0.3, -0.25) is 4.57 Å². The van der Waals surface area contributed by atoms with Crippen LogP contribution in [0.25, 0.3) is 104 Å². The van der Waals surface area contributed by atoms with Crippen molar-refractivity contribution in [3.05, 3.63) is 176 Å². The summed E-state index contributed by atoms with van der Waals surface area (Å²) >= 11 is 0. The fourth-order valence-corrected chi connectivity index (χ4v) is 8.24. The molecular weight excluding hydrogens is 619 g/mol. The first-order valence-electron chi connectivity index (χ1n) is 17.4. The lowest BCUT2D eigenvalue weighted by Gasteiger charge is -2.14. The van der Waals surface area contributed by atoms with E-state index in [1.165, 1.54) is 65.0 Å². The van der Waals surface area contributed by atoms with Crippen molar-refractivity contribution in [2.45, 2.75) is 0 Å². The van der Waals surface area contributed by atoms with Crippen LogP contribution in [0.5, 0.6) is 0 Å². The molecule has 3 nitrogen and oxygen atoms in total. The molecule has 0 atom stereocenters. The van der Waals surface area contributed by atoms with Crippen molar-refractivity contribution in [3.8, 4) is 28.3 Å². The number of hydrogen-bond donors (Lipinski definition) is 0. The molecular formula is C48H29N3. The van der Waals surface area contributed by atoms with Crippen LogP contribution in [0.15, 0.2) is 176 Å². The van der Waals surface area contributed by atoms with Gasteiger partial charge >= 0.3 is 0 Å². The van der Waals surface area contributed by atoms with Gasteiger partial charge in [-0.1, -0.05) is 164 Å². The van der Waals surface area contributed by atoms with Crippen LogP contribution in [0.1, 0.15) is 0 Å². The quantitative estimate of drug-likeness (QED) is 0.179. The highest BCUT2D eigenvalue weighted by Crippen LogP contribution is 2.40. The third-order valence-corrected chi connectivity index (χ3v) is 10.6. The molecule has 0 fully saturated rings. The lowest BCUT2D eigenvalue weighted by molar-refractivity contribution is 1.02. The zero-order valence-electron chi connectivity index (χ0n) is 27.6. The Morgan fingerprint density at radius 3 is 1.71 bits per heavy atom. The van der Waals surface area contributed by atoms with E-state index in [2.05, 4.69) is 180 Å². The molecule has 0 radical (unpaired) electrons. The molecule has 3 heteroatoms. The van der Waals surface area contributed by atoms with Gasteiger partial charge in [0.25, 0.3) is 0 Å². The Morgan fingerprint density at radius 2 is 0.882 bits per heavy atom. The minimum atomic E-state index is 0.666. The zero-order chi connectivity index (χ0) is 33.5. The van der Waals surface area contributed by atoms with Gasteiger partial charge < -0.3 is 0 Å². The summed E-state index contributed by atoms with van der Waals surface area (Å²) in [4.78, 5) is 10.7. The Labute approximate surface area is 293 Å². The van der Waals surface area contributed by atoms with E-state index in [1.54, 1.807) is 0 Å². The first-order valence-corrected chi connectivity index (χ1v) is 17.4. The molecule has 2 heterocycles. The molecule has 0 saturated carbocycles. The molecule has 0 spiro atoms. The smallest absolute Gasteiger partial charge is 0.235 e. The van der Waals surface area contributed by atoms with E-state index in [0.717, 1.165) is 33.2 Å². The number of benzene rings is 9. The van der Waals surface area contributed by atoms with Crippen molar-refractivity contribution >= 4 is 75.8 Å². The predicted molar refractivity (Wildman–Crippen MR) is 215 cm³/mol. The fourth-order valence-electron chi connectivity index (χ4n) is 8.24. The van der Waals surface area contributed by atoms with Crippen molar-refractivity contribution < 1.29 is 0 Å². The summed E-state index contributed by atoms with van der Waals surface area (Å²) in [7, 11) is 0. The largest absolute Gasteiger partial charge is 0.277 e. The van der Waals surface area contributed by atoms with E-state index < -0.39 is 0 Å². The average Bonchev–Trinajstić information content (AvgIpc) is 3.55. The number of aromatic nitrogens is 3. The van der Waals surface area contributed by atoms with Crippen molar-refractivity contribution in [3.63, 3.8) is 0 Å². The maximum absolute atomic E-state index is 5.43. The first-order chi connectivity index (χ1) is 25.3. The van der Waals surface area contributed by atoms with E-state index in [9.17, 15) is 0 Å². The zero-order valence-corrected chi connectivity index (χ0v) is 27.6. The minimum absolute atomic E-state index is 0.666. The van der Waals surface area contributed by atoms with Crippen LogP contribution in [0.4, 0.5) is 0 Å². The van der Waals surface area contributed by atoms with Crippen LogP contribution >= 0.6 is 0 Å². The highest BCUT2D eigenvalue weighted by Gasteiger charge is 2.20. The van der Waals surface area contributed by atoms with Crippen molar-refractivity contribution in [2.75, 3.05) is 0 Å². The lowest BCUT2D eigenvalue weighted by Crippen LogP contribution is -2.03. The van der Waals surface area contributed by atoms with E-state index in [-0.39, 0.29) is 0 Å². The maximum Gasteiger partial charge on any atom is 0.235 e. The summed E-state index contributed by atoms with van der Waals surface area (Å²) in [5, 5.41) is 13.3. The topological polar surface area (TPSA) is 30.7 Å². The van der Waals surface area contributed by atoms with Gasteiger partial charge in [-0.15, -0.1) is 0 Å². The Hall–Kier alpha value is -6.84. The predicted octanol–water partition coefficient (Wildman–Crippen LogP) is 12.7. The molecule has 0 saturated heterocycles. The van der Waals surface area contributed by atoms with Crippen LogP contribution in [0.2, 0.25) is 0 Å². The van der Waals surface area contributed by atoms with Crippen molar-refractivity contribution in [2.24, 2.45) is 0 Å². The molecule has 0 N–H and O–H groups in total. The summed E-state index contributed by atoms with van der Waals surface area (Å²) in [5.74, 6) is 0.666. The molecule has 11 rings (SSSR count).